The van der Waals surface area contributed by atoms with Gasteiger partial charge in [-0.25, -0.2) is 4.79 Å². The van der Waals surface area contributed by atoms with Gasteiger partial charge in [0.2, 0.25) is 0 Å². The van der Waals surface area contributed by atoms with E-state index in [9.17, 15) is 9.59 Å². The monoisotopic (exact) mass is 389 g/mol. The number of methoxy groups -OCH3 is 1. The Hall–Kier alpha value is -2.88. The second-order valence-corrected chi connectivity index (χ2v) is 8.36. The molecule has 1 aliphatic rings. The fraction of sp³-hybridized carbons (Fsp3) is 0.360. The zero-order valence-corrected chi connectivity index (χ0v) is 17.5. The van der Waals surface area contributed by atoms with Gasteiger partial charge in [0.25, 0.3) is 0 Å². The Morgan fingerprint density at radius 1 is 1.14 bits per heavy atom. The van der Waals surface area contributed by atoms with Crippen LogP contribution < -0.4 is 0 Å². The van der Waals surface area contributed by atoms with Crippen molar-refractivity contribution in [2.75, 3.05) is 7.11 Å². The van der Waals surface area contributed by atoms with E-state index in [4.69, 9.17) is 4.74 Å². The lowest BCUT2D eigenvalue weighted by molar-refractivity contribution is 0.0603. The minimum absolute atomic E-state index is 0.134. The van der Waals surface area contributed by atoms with Crippen molar-refractivity contribution in [1.82, 2.24) is 4.57 Å². The zero-order valence-electron chi connectivity index (χ0n) is 17.5. The summed E-state index contributed by atoms with van der Waals surface area (Å²) in [6.45, 7) is 7.14. The second-order valence-electron chi connectivity index (χ2n) is 8.36. The van der Waals surface area contributed by atoms with Crippen molar-refractivity contribution in [2.45, 2.75) is 40.2 Å². The first kappa shape index (κ1) is 19.4. The molecule has 4 rings (SSSR count). The molecule has 3 aromatic rings. The molecule has 0 amide bonds. The van der Waals surface area contributed by atoms with Crippen LogP contribution in [0.15, 0.2) is 42.5 Å². The number of carbonyl (C=O) groups excluding carboxylic acids is 2. The van der Waals surface area contributed by atoms with Gasteiger partial charge in [-0.2, -0.15) is 0 Å². The first-order valence-corrected chi connectivity index (χ1v) is 10.2. The Bertz CT molecular complexity index is 1110. The van der Waals surface area contributed by atoms with Crippen LogP contribution in [-0.2, 0) is 17.7 Å². The van der Waals surface area contributed by atoms with E-state index in [1.165, 1.54) is 18.2 Å². The number of hydrogen-bond donors (Lipinski definition) is 0. The normalized spacial score (nSPS) is 16.3. The van der Waals surface area contributed by atoms with Crippen LogP contribution in [-0.4, -0.2) is 23.4 Å². The Labute approximate surface area is 171 Å². The van der Waals surface area contributed by atoms with E-state index in [-0.39, 0.29) is 5.78 Å². The van der Waals surface area contributed by atoms with Crippen molar-refractivity contribution in [3.05, 3.63) is 70.4 Å². The van der Waals surface area contributed by atoms with Gasteiger partial charge in [-0.3, -0.25) is 4.79 Å². The summed E-state index contributed by atoms with van der Waals surface area (Å²) in [6.07, 6.45) is 1.38. The highest BCUT2D eigenvalue weighted by Crippen LogP contribution is 2.39. The van der Waals surface area contributed by atoms with E-state index in [1.807, 2.05) is 24.3 Å². The van der Waals surface area contributed by atoms with Crippen LogP contribution in [0.5, 0.6) is 0 Å². The molecule has 2 aromatic carbocycles. The number of aromatic nitrogens is 1. The Morgan fingerprint density at radius 2 is 1.90 bits per heavy atom. The molecule has 1 atom stereocenters. The summed E-state index contributed by atoms with van der Waals surface area (Å²) in [5.41, 5.74) is 5.60. The molecule has 0 bridgehead atoms. The van der Waals surface area contributed by atoms with Crippen molar-refractivity contribution >= 4 is 22.7 Å². The van der Waals surface area contributed by atoms with Crippen molar-refractivity contribution in [3.8, 4) is 0 Å². The lowest BCUT2D eigenvalue weighted by Crippen LogP contribution is -2.25. The number of carbonyl (C=O) groups is 2. The number of benzene rings is 2. The molecule has 0 aliphatic heterocycles. The van der Waals surface area contributed by atoms with E-state index < -0.39 is 5.97 Å². The molecule has 0 spiro atoms. The molecule has 150 valence electrons. The van der Waals surface area contributed by atoms with Crippen LogP contribution in [0.2, 0.25) is 0 Å². The number of ether oxygens (including phenoxy) is 1. The summed E-state index contributed by atoms with van der Waals surface area (Å²) < 4.78 is 7.26. The fourth-order valence-corrected chi connectivity index (χ4v) is 4.52. The number of esters is 1. The fourth-order valence-electron chi connectivity index (χ4n) is 4.52. The first-order chi connectivity index (χ1) is 13.9. The molecule has 1 heterocycles. The standard InChI is InChI=1S/C25H27NO3/c1-15(2)18-12-21-24(22(27)13-18)23-19(25(28)29-4)10-7-11-20(23)26(21)14-17-9-6-5-8-16(17)3/h5-11,15,18H,12-14H2,1-4H3. The quantitative estimate of drug-likeness (QED) is 0.577. The maximum Gasteiger partial charge on any atom is 0.338 e. The van der Waals surface area contributed by atoms with Gasteiger partial charge < -0.3 is 9.30 Å². The van der Waals surface area contributed by atoms with Crippen LogP contribution in [0, 0.1) is 18.8 Å². The Morgan fingerprint density at radius 3 is 2.59 bits per heavy atom. The van der Waals surface area contributed by atoms with Crippen molar-refractivity contribution in [1.29, 1.82) is 0 Å². The summed E-state index contributed by atoms with van der Waals surface area (Å²) in [5, 5.41) is 0.746. The van der Waals surface area contributed by atoms with Crippen molar-refractivity contribution in [3.63, 3.8) is 0 Å². The molecule has 0 fully saturated rings. The Balaban J connectivity index is 1.99. The van der Waals surface area contributed by atoms with Gasteiger partial charge in [-0.15, -0.1) is 0 Å². The third kappa shape index (κ3) is 3.27. The lowest BCUT2D eigenvalue weighted by Gasteiger charge is -2.26. The van der Waals surface area contributed by atoms with Crippen molar-refractivity contribution < 1.29 is 14.3 Å². The maximum absolute atomic E-state index is 13.2. The average molecular weight is 389 g/mol. The van der Waals surface area contributed by atoms with Gasteiger partial charge in [0.05, 0.1) is 18.2 Å². The van der Waals surface area contributed by atoms with Gasteiger partial charge in [0.1, 0.15) is 0 Å². The number of ketones is 1. The number of rotatable bonds is 4. The molecule has 29 heavy (non-hydrogen) atoms. The highest BCUT2D eigenvalue weighted by molar-refractivity contribution is 6.16. The number of aryl methyl sites for hydroxylation is 1. The molecule has 1 aliphatic carbocycles. The maximum atomic E-state index is 13.2. The highest BCUT2D eigenvalue weighted by atomic mass is 16.5. The van der Waals surface area contributed by atoms with Crippen LogP contribution >= 0.6 is 0 Å². The smallest absolute Gasteiger partial charge is 0.338 e. The minimum Gasteiger partial charge on any atom is -0.465 e. The summed E-state index contributed by atoms with van der Waals surface area (Å²) >= 11 is 0. The van der Waals surface area contributed by atoms with Gasteiger partial charge in [0.15, 0.2) is 5.78 Å². The molecule has 4 heteroatoms. The Kier molecular flexibility index (Phi) is 5.03. The van der Waals surface area contributed by atoms with Crippen molar-refractivity contribution in [2.24, 2.45) is 11.8 Å². The molecule has 4 nitrogen and oxygen atoms in total. The zero-order chi connectivity index (χ0) is 20.7. The molecule has 0 radical (unpaired) electrons. The lowest BCUT2D eigenvalue weighted by atomic mass is 9.79. The topological polar surface area (TPSA) is 48.3 Å². The average Bonchev–Trinajstić information content (AvgIpc) is 3.03. The van der Waals surface area contributed by atoms with Gasteiger partial charge in [-0.05, 0) is 48.4 Å². The first-order valence-electron chi connectivity index (χ1n) is 10.2. The summed E-state index contributed by atoms with van der Waals surface area (Å²) in [5.74, 6) is 0.480. The van der Waals surface area contributed by atoms with Crippen LogP contribution in [0.1, 0.15) is 57.8 Å². The van der Waals surface area contributed by atoms with Gasteiger partial charge >= 0.3 is 5.97 Å². The van der Waals surface area contributed by atoms with E-state index in [1.54, 1.807) is 6.07 Å². The van der Waals surface area contributed by atoms with E-state index in [2.05, 4.69) is 37.5 Å². The second kappa shape index (κ2) is 7.51. The third-order valence-electron chi connectivity index (χ3n) is 6.32. The third-order valence-corrected chi connectivity index (χ3v) is 6.32. The molecule has 0 saturated carbocycles. The SMILES string of the molecule is COC(=O)c1cccc2c1c1c(n2Cc2ccccc2C)CC(C(C)C)CC1=O. The molecule has 1 unspecified atom stereocenters. The predicted molar refractivity (Wildman–Crippen MR) is 115 cm³/mol. The minimum atomic E-state index is -0.398. The molecule has 1 aromatic heterocycles. The molecule has 0 N–H and O–H groups in total. The van der Waals surface area contributed by atoms with E-state index in [0.29, 0.717) is 35.9 Å². The molecular weight excluding hydrogens is 362 g/mol. The predicted octanol–water partition coefficient (Wildman–Crippen LogP) is 5.19. The van der Waals surface area contributed by atoms with Crippen LogP contribution in [0.25, 0.3) is 10.9 Å². The number of nitrogens with zero attached hydrogens (tertiary/aromatic N) is 1. The summed E-state index contributed by atoms with van der Waals surface area (Å²) in [4.78, 5) is 25.7. The molecular formula is C25H27NO3. The van der Waals surface area contributed by atoms with E-state index >= 15 is 0 Å². The van der Waals surface area contributed by atoms with Gasteiger partial charge in [-0.1, -0.05) is 44.2 Å². The van der Waals surface area contributed by atoms with Crippen LogP contribution in [0.3, 0.4) is 0 Å². The van der Waals surface area contributed by atoms with Gasteiger partial charge in [0, 0.05) is 29.6 Å². The molecule has 0 saturated heterocycles. The van der Waals surface area contributed by atoms with E-state index in [0.717, 1.165) is 23.0 Å². The number of Topliss-reactive ketones (excluding diaryl/α,β-unsaturated/α-hetero) is 1. The summed E-state index contributed by atoms with van der Waals surface area (Å²) in [6, 6.07) is 14.0. The number of hydrogen-bond acceptors (Lipinski definition) is 3. The number of fused-ring (bicyclic) bond motifs is 3. The largest absolute Gasteiger partial charge is 0.465 e. The van der Waals surface area contributed by atoms with Crippen LogP contribution in [0.4, 0.5) is 0 Å². The summed E-state index contributed by atoms with van der Waals surface area (Å²) in [7, 11) is 1.38. The highest BCUT2D eigenvalue weighted by Gasteiger charge is 2.34.